The number of carbonyl (C=O) groups is 1. The summed E-state index contributed by atoms with van der Waals surface area (Å²) in [6.45, 7) is 0. The second-order valence-electron chi connectivity index (χ2n) is 5.94. The molecule has 0 spiro atoms. The van der Waals surface area contributed by atoms with Crippen LogP contribution in [0.15, 0.2) is 78.9 Å². The molecule has 2 nitrogen and oxygen atoms in total. The first-order valence-corrected chi connectivity index (χ1v) is 8.92. The molecule has 0 unspecified atom stereocenters. The van der Waals surface area contributed by atoms with Gasteiger partial charge in [0.2, 0.25) is 5.78 Å². The van der Waals surface area contributed by atoms with E-state index in [4.69, 9.17) is 0 Å². The maximum atomic E-state index is 13.1. The van der Waals surface area contributed by atoms with E-state index in [2.05, 4.69) is 0 Å². The van der Waals surface area contributed by atoms with Crippen molar-refractivity contribution in [3.8, 4) is 5.75 Å². The zero-order chi connectivity index (χ0) is 17.2. The van der Waals surface area contributed by atoms with Crippen LogP contribution in [0.3, 0.4) is 0 Å². The van der Waals surface area contributed by atoms with E-state index in [0.717, 1.165) is 15.6 Å². The van der Waals surface area contributed by atoms with Crippen LogP contribution in [0.5, 0.6) is 5.75 Å². The molecular weight excluding hydrogens is 328 g/mol. The fraction of sp³-hybridized carbons (Fsp3) is 0.0455. The Balaban J connectivity index is 1.76. The molecule has 25 heavy (non-hydrogen) atoms. The fourth-order valence-corrected chi connectivity index (χ4v) is 4.02. The Hall–Kier alpha value is -2.91. The summed E-state index contributed by atoms with van der Waals surface area (Å²) >= 11 is 1.49. The van der Waals surface area contributed by atoms with E-state index in [9.17, 15) is 9.90 Å². The molecule has 0 aliphatic carbocycles. The summed E-state index contributed by atoms with van der Waals surface area (Å²) in [5.74, 6) is 0.124. The molecule has 0 aliphatic rings. The molecule has 4 aromatic rings. The van der Waals surface area contributed by atoms with Gasteiger partial charge in [-0.2, -0.15) is 0 Å². The molecule has 1 heterocycles. The van der Waals surface area contributed by atoms with Crippen molar-refractivity contribution in [3.05, 3.63) is 100 Å². The number of phenolic OH excluding ortho intramolecular Hbond substituents is 1. The Morgan fingerprint density at radius 1 is 0.880 bits per heavy atom. The molecule has 4 rings (SSSR count). The van der Waals surface area contributed by atoms with Gasteiger partial charge in [0.25, 0.3) is 0 Å². The number of ketones is 1. The highest BCUT2D eigenvalue weighted by Gasteiger charge is 2.18. The van der Waals surface area contributed by atoms with Crippen molar-refractivity contribution in [2.24, 2.45) is 0 Å². The van der Waals surface area contributed by atoms with E-state index in [1.54, 1.807) is 18.2 Å². The number of fused-ring (bicyclic) bond motifs is 1. The van der Waals surface area contributed by atoms with E-state index in [1.165, 1.54) is 11.3 Å². The van der Waals surface area contributed by atoms with Gasteiger partial charge in [0, 0.05) is 22.2 Å². The Kier molecular flexibility index (Phi) is 4.08. The van der Waals surface area contributed by atoms with Crippen LogP contribution in [0, 0.1) is 0 Å². The average Bonchev–Trinajstić information content (AvgIpc) is 3.08. The van der Waals surface area contributed by atoms with Crippen LogP contribution >= 0.6 is 11.3 Å². The van der Waals surface area contributed by atoms with Crippen molar-refractivity contribution in [1.82, 2.24) is 0 Å². The molecule has 0 fully saturated rings. The third kappa shape index (κ3) is 3.06. The van der Waals surface area contributed by atoms with Crippen LogP contribution in [-0.2, 0) is 6.42 Å². The molecular formula is C22H16O2S. The predicted molar refractivity (Wildman–Crippen MR) is 103 cm³/mol. The normalized spacial score (nSPS) is 10.9. The predicted octanol–water partition coefficient (Wildman–Crippen LogP) is 5.43. The van der Waals surface area contributed by atoms with Crippen LogP contribution in [0.4, 0.5) is 0 Å². The standard InChI is InChI=1S/C22H16O2S/c23-19-11-6-10-17(18(19)13-15-7-2-1-3-8-15)22(24)21-14-16-9-4-5-12-20(16)25-21/h1-12,14,23H,13H2. The zero-order valence-corrected chi connectivity index (χ0v) is 14.3. The largest absolute Gasteiger partial charge is 0.508 e. The number of hydrogen-bond acceptors (Lipinski definition) is 3. The molecule has 3 aromatic carbocycles. The van der Waals surface area contributed by atoms with Crippen molar-refractivity contribution >= 4 is 27.2 Å². The van der Waals surface area contributed by atoms with Crippen LogP contribution < -0.4 is 0 Å². The van der Waals surface area contributed by atoms with Crippen molar-refractivity contribution in [2.45, 2.75) is 6.42 Å². The van der Waals surface area contributed by atoms with Gasteiger partial charge in [-0.25, -0.2) is 0 Å². The molecule has 3 heteroatoms. The summed E-state index contributed by atoms with van der Waals surface area (Å²) < 4.78 is 1.09. The number of phenols is 1. The van der Waals surface area contributed by atoms with E-state index in [0.29, 0.717) is 22.4 Å². The van der Waals surface area contributed by atoms with Gasteiger partial charge in [-0.15, -0.1) is 11.3 Å². The zero-order valence-electron chi connectivity index (χ0n) is 13.5. The highest BCUT2D eigenvalue weighted by molar-refractivity contribution is 7.21. The van der Waals surface area contributed by atoms with E-state index in [-0.39, 0.29) is 11.5 Å². The summed E-state index contributed by atoms with van der Waals surface area (Å²) in [6, 6.07) is 24.9. The van der Waals surface area contributed by atoms with Gasteiger partial charge in [0.15, 0.2) is 0 Å². The van der Waals surface area contributed by atoms with Gasteiger partial charge < -0.3 is 5.11 Å². The lowest BCUT2D eigenvalue weighted by Crippen LogP contribution is -2.04. The molecule has 0 amide bonds. The van der Waals surface area contributed by atoms with Gasteiger partial charge in [-0.05, 0) is 29.1 Å². The summed E-state index contributed by atoms with van der Waals surface area (Å²) in [7, 11) is 0. The minimum absolute atomic E-state index is 0.0389. The summed E-state index contributed by atoms with van der Waals surface area (Å²) in [5, 5.41) is 11.4. The summed E-state index contributed by atoms with van der Waals surface area (Å²) in [5.41, 5.74) is 2.31. The lowest BCUT2D eigenvalue weighted by molar-refractivity contribution is 0.104. The lowest BCUT2D eigenvalue weighted by Gasteiger charge is -2.10. The summed E-state index contributed by atoms with van der Waals surface area (Å²) in [4.78, 5) is 13.8. The van der Waals surface area contributed by atoms with Gasteiger partial charge >= 0.3 is 0 Å². The quantitative estimate of drug-likeness (QED) is 0.501. The SMILES string of the molecule is O=C(c1cc2ccccc2s1)c1cccc(O)c1Cc1ccccc1. The fourth-order valence-electron chi connectivity index (χ4n) is 3.00. The lowest BCUT2D eigenvalue weighted by atomic mass is 9.95. The van der Waals surface area contributed by atoms with Crippen LogP contribution in [0.2, 0.25) is 0 Å². The Morgan fingerprint density at radius 3 is 2.44 bits per heavy atom. The molecule has 0 bridgehead atoms. The molecule has 0 radical (unpaired) electrons. The van der Waals surface area contributed by atoms with E-state index in [1.807, 2.05) is 60.7 Å². The first-order valence-electron chi connectivity index (χ1n) is 8.10. The number of aromatic hydroxyl groups is 1. The highest BCUT2D eigenvalue weighted by Crippen LogP contribution is 2.31. The highest BCUT2D eigenvalue weighted by atomic mass is 32.1. The number of rotatable bonds is 4. The van der Waals surface area contributed by atoms with Gasteiger partial charge in [-0.3, -0.25) is 4.79 Å². The second kappa shape index (κ2) is 6.54. The van der Waals surface area contributed by atoms with E-state index >= 15 is 0 Å². The second-order valence-corrected chi connectivity index (χ2v) is 7.03. The van der Waals surface area contributed by atoms with Crippen LogP contribution in [-0.4, -0.2) is 10.9 Å². The van der Waals surface area contributed by atoms with Crippen LogP contribution in [0.25, 0.3) is 10.1 Å². The summed E-state index contributed by atoms with van der Waals surface area (Å²) in [6.07, 6.45) is 0.527. The minimum Gasteiger partial charge on any atom is -0.508 e. The van der Waals surface area contributed by atoms with Crippen molar-refractivity contribution in [2.75, 3.05) is 0 Å². The van der Waals surface area contributed by atoms with E-state index < -0.39 is 0 Å². The number of hydrogen-bond donors (Lipinski definition) is 1. The molecule has 122 valence electrons. The topological polar surface area (TPSA) is 37.3 Å². The molecule has 0 saturated heterocycles. The number of carbonyl (C=O) groups excluding carboxylic acids is 1. The van der Waals surface area contributed by atoms with Gasteiger partial charge in [-0.1, -0.05) is 60.7 Å². The third-order valence-electron chi connectivity index (χ3n) is 4.27. The number of thiophene rings is 1. The molecule has 0 aliphatic heterocycles. The first-order chi connectivity index (χ1) is 12.2. The Bertz CT molecular complexity index is 1020. The molecule has 1 N–H and O–H groups in total. The average molecular weight is 344 g/mol. The van der Waals surface area contributed by atoms with Gasteiger partial charge in [0.05, 0.1) is 4.88 Å². The molecule has 0 atom stereocenters. The maximum Gasteiger partial charge on any atom is 0.203 e. The van der Waals surface area contributed by atoms with Crippen molar-refractivity contribution in [1.29, 1.82) is 0 Å². The van der Waals surface area contributed by atoms with Crippen LogP contribution in [0.1, 0.15) is 26.4 Å². The smallest absolute Gasteiger partial charge is 0.203 e. The van der Waals surface area contributed by atoms with Gasteiger partial charge in [0.1, 0.15) is 5.75 Å². The maximum absolute atomic E-state index is 13.1. The Morgan fingerprint density at radius 2 is 1.64 bits per heavy atom. The molecule has 0 saturated carbocycles. The molecule has 1 aromatic heterocycles. The first kappa shape index (κ1) is 15.6. The monoisotopic (exact) mass is 344 g/mol. The minimum atomic E-state index is -0.0389. The number of benzene rings is 3. The Labute approximate surface area is 150 Å². The van der Waals surface area contributed by atoms with Crippen molar-refractivity contribution in [3.63, 3.8) is 0 Å². The third-order valence-corrected chi connectivity index (χ3v) is 5.38. The van der Waals surface area contributed by atoms with Crippen molar-refractivity contribution < 1.29 is 9.90 Å².